The van der Waals surface area contributed by atoms with Crippen LogP contribution in [-0.4, -0.2) is 63.9 Å². The van der Waals surface area contributed by atoms with Crippen LogP contribution in [0.3, 0.4) is 0 Å². The third kappa shape index (κ3) is 6.55. The van der Waals surface area contributed by atoms with Crippen LogP contribution in [0.25, 0.3) is 5.82 Å². The molecule has 220 valence electrons. The molecule has 0 radical (unpaired) electrons. The van der Waals surface area contributed by atoms with Gasteiger partial charge in [-0.3, -0.25) is 9.59 Å². The van der Waals surface area contributed by atoms with E-state index in [2.05, 4.69) is 35.4 Å². The molecule has 2 amide bonds. The summed E-state index contributed by atoms with van der Waals surface area (Å²) in [5, 5.41) is 9.13. The number of alkyl halides is 6. The van der Waals surface area contributed by atoms with Crippen LogP contribution in [0.15, 0.2) is 35.5 Å². The first-order valence-electron chi connectivity index (χ1n) is 11.5. The van der Waals surface area contributed by atoms with Crippen LogP contribution in [-0.2, 0) is 9.84 Å². The number of hydrogen-bond donors (Lipinski definition) is 2. The molecule has 0 bridgehead atoms. The van der Waals surface area contributed by atoms with Gasteiger partial charge in [0.25, 0.3) is 21.7 Å². The summed E-state index contributed by atoms with van der Waals surface area (Å²) in [6, 6.07) is 0.901. The van der Waals surface area contributed by atoms with Gasteiger partial charge in [-0.15, -0.1) is 18.3 Å². The monoisotopic (exact) mass is 607 g/mol. The Labute approximate surface area is 227 Å². The molecule has 41 heavy (non-hydrogen) atoms. The molecule has 1 aromatic carbocycles. The minimum Gasteiger partial charge on any atom is -0.406 e. The number of halogens is 6. The average Bonchev–Trinajstić information content (AvgIpc) is 3.64. The quantitative estimate of drug-likeness (QED) is 0.367. The largest absolute Gasteiger partial charge is 0.573 e. The molecule has 3 aromatic rings. The van der Waals surface area contributed by atoms with Crippen LogP contribution >= 0.6 is 0 Å². The van der Waals surface area contributed by atoms with E-state index in [9.17, 15) is 44.3 Å². The fraction of sp³-hybridized carbons (Fsp3) is 0.364. The van der Waals surface area contributed by atoms with Gasteiger partial charge in [0.2, 0.25) is 0 Å². The van der Waals surface area contributed by atoms with Gasteiger partial charge in [-0.05, 0) is 38.0 Å². The van der Waals surface area contributed by atoms with Gasteiger partial charge in [0.1, 0.15) is 17.8 Å². The van der Waals surface area contributed by atoms with Crippen molar-refractivity contribution < 1.29 is 49.1 Å². The number of nitrogens with one attached hydrogen (secondary N) is 2. The van der Waals surface area contributed by atoms with Crippen LogP contribution in [0, 0.1) is 0 Å². The first-order valence-corrected chi connectivity index (χ1v) is 13.0. The Kier molecular flexibility index (Phi) is 7.67. The summed E-state index contributed by atoms with van der Waals surface area (Å²) in [5.74, 6) is -2.64. The minimum absolute atomic E-state index is 0.00415. The van der Waals surface area contributed by atoms with E-state index in [1.165, 1.54) is 24.7 Å². The Balaban J connectivity index is 1.71. The van der Waals surface area contributed by atoms with Gasteiger partial charge in [0.05, 0.1) is 10.9 Å². The number of benzene rings is 1. The molecule has 1 saturated carbocycles. The molecule has 0 saturated heterocycles. The molecule has 19 heteroatoms. The highest BCUT2D eigenvalue weighted by atomic mass is 32.2. The highest BCUT2D eigenvalue weighted by Gasteiger charge is 2.47. The van der Waals surface area contributed by atoms with E-state index < -0.39 is 55.8 Å². The smallest absolute Gasteiger partial charge is 0.406 e. The molecule has 0 aliphatic heterocycles. The van der Waals surface area contributed by atoms with Gasteiger partial charge in [0, 0.05) is 24.6 Å². The Hall–Kier alpha value is -4.29. The lowest BCUT2D eigenvalue weighted by atomic mass is 10.2. The van der Waals surface area contributed by atoms with Crippen molar-refractivity contribution in [3.63, 3.8) is 0 Å². The lowest BCUT2D eigenvalue weighted by Gasteiger charge is -2.17. The zero-order valence-electron chi connectivity index (χ0n) is 20.9. The van der Waals surface area contributed by atoms with Crippen molar-refractivity contribution in [1.29, 1.82) is 0 Å². The lowest BCUT2D eigenvalue weighted by molar-refractivity contribution is -0.274. The number of carbonyl (C=O) groups is 2. The molecule has 0 unspecified atom stereocenters. The Bertz CT molecular complexity index is 1600. The predicted molar refractivity (Wildman–Crippen MR) is 125 cm³/mol. The van der Waals surface area contributed by atoms with E-state index in [1.807, 2.05) is 0 Å². The molecule has 2 heterocycles. The van der Waals surface area contributed by atoms with Crippen LogP contribution in [0.2, 0.25) is 0 Å². The van der Waals surface area contributed by atoms with Crippen molar-refractivity contribution in [2.24, 2.45) is 0 Å². The molecule has 1 aliphatic carbocycles. The Morgan fingerprint density at radius 3 is 2.32 bits per heavy atom. The maximum atomic E-state index is 13.1. The van der Waals surface area contributed by atoms with Gasteiger partial charge in [-0.25, -0.2) is 23.4 Å². The molecule has 1 aliphatic rings. The van der Waals surface area contributed by atoms with Crippen molar-refractivity contribution >= 4 is 21.7 Å². The normalized spacial score (nSPS) is 14.8. The van der Waals surface area contributed by atoms with Gasteiger partial charge < -0.3 is 15.4 Å². The third-order valence-electron chi connectivity index (χ3n) is 5.65. The van der Waals surface area contributed by atoms with Crippen LogP contribution in [0.1, 0.15) is 64.2 Å². The minimum atomic E-state index is -6.15. The summed E-state index contributed by atoms with van der Waals surface area (Å²) in [7, 11) is -4.76. The molecule has 2 aromatic heterocycles. The summed E-state index contributed by atoms with van der Waals surface area (Å²) < 4.78 is 106. The van der Waals surface area contributed by atoms with E-state index in [0.717, 1.165) is 19.2 Å². The SMILES string of the molecule is CNC(=O)c1cc(-n2nc(C3CC3)nc2[C@H](C)NC(=O)c2cc(OC(F)(F)F)cc(S(=O)(=O)C(F)(F)F)c2)ncn1. The average molecular weight is 607 g/mol. The zero-order valence-corrected chi connectivity index (χ0v) is 21.7. The van der Waals surface area contributed by atoms with Gasteiger partial charge >= 0.3 is 11.9 Å². The van der Waals surface area contributed by atoms with Crippen molar-refractivity contribution in [3.8, 4) is 11.6 Å². The van der Waals surface area contributed by atoms with E-state index in [4.69, 9.17) is 0 Å². The number of hydrogen-bond acceptors (Lipinski definition) is 9. The molecule has 1 fully saturated rings. The summed E-state index contributed by atoms with van der Waals surface area (Å²) in [6.45, 7) is 1.39. The van der Waals surface area contributed by atoms with Crippen molar-refractivity contribution in [3.05, 3.63) is 53.5 Å². The second-order valence-electron chi connectivity index (χ2n) is 8.74. The number of ether oxygens (including phenoxy) is 1. The molecule has 1 atom stereocenters. The predicted octanol–water partition coefficient (Wildman–Crippen LogP) is 2.98. The van der Waals surface area contributed by atoms with Crippen LogP contribution in [0.5, 0.6) is 5.75 Å². The summed E-state index contributed by atoms with van der Waals surface area (Å²) in [5.41, 5.74) is -6.77. The molecular weight excluding hydrogens is 588 g/mol. The zero-order chi connectivity index (χ0) is 30.3. The van der Waals surface area contributed by atoms with Crippen LogP contribution in [0.4, 0.5) is 26.3 Å². The highest BCUT2D eigenvalue weighted by molar-refractivity contribution is 7.92. The molecule has 4 rings (SSSR count). The molecule has 2 N–H and O–H groups in total. The maximum Gasteiger partial charge on any atom is 0.573 e. The van der Waals surface area contributed by atoms with E-state index in [-0.39, 0.29) is 35.4 Å². The van der Waals surface area contributed by atoms with Crippen molar-refractivity contribution in [2.45, 2.75) is 48.5 Å². The third-order valence-corrected chi connectivity index (χ3v) is 7.11. The number of sulfone groups is 1. The first-order chi connectivity index (χ1) is 19.0. The van der Waals surface area contributed by atoms with E-state index in [0.29, 0.717) is 11.9 Å². The highest BCUT2D eigenvalue weighted by Crippen LogP contribution is 2.39. The summed E-state index contributed by atoms with van der Waals surface area (Å²) >= 11 is 0. The molecule has 0 spiro atoms. The van der Waals surface area contributed by atoms with E-state index >= 15 is 0 Å². The fourth-order valence-electron chi connectivity index (χ4n) is 3.55. The van der Waals surface area contributed by atoms with Gasteiger partial charge in [-0.2, -0.15) is 17.9 Å². The summed E-state index contributed by atoms with van der Waals surface area (Å²) in [4.78, 5) is 35.7. The van der Waals surface area contributed by atoms with Crippen molar-refractivity contribution in [1.82, 2.24) is 35.4 Å². The second kappa shape index (κ2) is 10.6. The fourth-order valence-corrected chi connectivity index (χ4v) is 4.37. The standard InChI is InChI=1S/C22H19F6N7O5S/c1-10(18-33-17(11-3-4-11)34-35(18)16-8-15(20(37)29-2)30-9-31-16)32-19(36)12-5-13(40-21(23,24)25)7-14(6-12)41(38,39)22(26,27)28/h5-11H,3-4H2,1-2H3,(H,29,37)(H,32,36)/t10-/m0/s1. The second-order valence-corrected chi connectivity index (χ2v) is 10.7. The number of rotatable bonds is 8. The number of nitrogens with zero attached hydrogens (tertiary/aromatic N) is 5. The lowest BCUT2D eigenvalue weighted by Crippen LogP contribution is -2.30. The molecule has 12 nitrogen and oxygen atoms in total. The molecular formula is C22H19F6N7O5S. The Morgan fingerprint density at radius 2 is 1.73 bits per heavy atom. The number of aromatic nitrogens is 5. The number of amides is 2. The number of carbonyl (C=O) groups excluding carboxylic acids is 2. The summed E-state index contributed by atoms with van der Waals surface area (Å²) in [6.07, 6.45) is -2.76. The maximum absolute atomic E-state index is 13.1. The van der Waals surface area contributed by atoms with Crippen molar-refractivity contribution in [2.75, 3.05) is 7.05 Å². The van der Waals surface area contributed by atoms with Gasteiger partial charge in [-0.1, -0.05) is 0 Å². The first kappa shape index (κ1) is 29.7. The van der Waals surface area contributed by atoms with E-state index in [1.54, 1.807) is 0 Å². The van der Waals surface area contributed by atoms with Gasteiger partial charge in [0.15, 0.2) is 17.5 Å². The Morgan fingerprint density at radius 1 is 1.05 bits per heavy atom. The topological polar surface area (TPSA) is 158 Å². The van der Waals surface area contributed by atoms with Crippen LogP contribution < -0.4 is 15.4 Å².